The molecule has 1 aliphatic carbocycles. The number of rotatable bonds is 5. The molecule has 0 radical (unpaired) electrons. The van der Waals surface area contributed by atoms with E-state index < -0.39 is 0 Å². The van der Waals surface area contributed by atoms with Gasteiger partial charge in [0.05, 0.1) is 0 Å². The molecule has 7 aromatic carbocycles. The molecule has 0 saturated heterocycles. The molecular weight excluding hydrogens is 540 g/mol. The predicted octanol–water partition coefficient (Wildman–Crippen LogP) is 13.6. The third-order valence-corrected chi connectivity index (χ3v) is 8.80. The summed E-state index contributed by atoms with van der Waals surface area (Å²) in [5.74, 6) is 0. The van der Waals surface area contributed by atoms with Gasteiger partial charge in [0, 0.05) is 0 Å². The average molecular weight is 579 g/mol. The molecular formula is C45H38. The highest BCUT2D eigenvalue weighted by Gasteiger charge is 2.23. The Kier molecular flexibility index (Phi) is 8.07. The lowest BCUT2D eigenvalue weighted by atomic mass is 9.83. The Balaban J connectivity index is 0.00000117. The van der Waals surface area contributed by atoms with Crippen LogP contribution in [0.4, 0.5) is 0 Å². The zero-order valence-electron chi connectivity index (χ0n) is 25.3. The molecule has 0 bridgehead atoms. The topological polar surface area (TPSA) is 0 Å². The van der Waals surface area contributed by atoms with Crippen molar-refractivity contribution >= 4 is 33.7 Å². The fraction of sp³-hybridized carbons (Fsp3) is 0.0667. The Morgan fingerprint density at radius 3 is 1.38 bits per heavy atom. The molecule has 1 aliphatic rings. The van der Waals surface area contributed by atoms with Gasteiger partial charge in [-0.3, -0.25) is 0 Å². The van der Waals surface area contributed by atoms with Crippen LogP contribution < -0.4 is 0 Å². The summed E-state index contributed by atoms with van der Waals surface area (Å²) in [5.41, 5.74) is 14.7. The molecule has 218 valence electrons. The Morgan fingerprint density at radius 2 is 0.800 bits per heavy atom. The summed E-state index contributed by atoms with van der Waals surface area (Å²) in [6.07, 6.45) is 3.97. The fourth-order valence-electron chi connectivity index (χ4n) is 7.01. The maximum Gasteiger partial charge on any atom is -0.00201 e. The van der Waals surface area contributed by atoms with Crippen molar-refractivity contribution in [2.24, 2.45) is 0 Å². The van der Waals surface area contributed by atoms with Crippen LogP contribution in [0.1, 0.15) is 32.4 Å². The minimum Gasteiger partial charge on any atom is -0.0984 e. The molecule has 0 unspecified atom stereocenters. The van der Waals surface area contributed by atoms with Gasteiger partial charge in [0.2, 0.25) is 0 Å². The molecule has 7 aromatic rings. The Morgan fingerprint density at radius 1 is 0.378 bits per heavy atom. The van der Waals surface area contributed by atoms with Crippen LogP contribution in [0.3, 0.4) is 0 Å². The second-order valence-corrected chi connectivity index (χ2v) is 10.9. The molecule has 45 heavy (non-hydrogen) atoms. The molecule has 0 heteroatoms. The van der Waals surface area contributed by atoms with Crippen molar-refractivity contribution < 1.29 is 0 Å². The van der Waals surface area contributed by atoms with Crippen LogP contribution >= 0.6 is 0 Å². The molecule has 8 rings (SSSR count). The van der Waals surface area contributed by atoms with Crippen LogP contribution in [0.2, 0.25) is 0 Å². The number of fused-ring (bicyclic) bond motifs is 4. The van der Waals surface area contributed by atoms with Crippen molar-refractivity contribution in [2.75, 3.05) is 0 Å². The summed E-state index contributed by atoms with van der Waals surface area (Å²) in [4.78, 5) is 0. The minimum atomic E-state index is 0. The molecule has 0 fully saturated rings. The largest absolute Gasteiger partial charge is 0.0984 e. The standard InChI is InChI=1S/C42H28.C2H6.CH4/c1-3-30-31(4-2)41(38-18-11-10-17-37(38)40(30)28-13-6-5-7-14-28)29-23-21-27(22-24-29)32-25-26-39-34-16-9-8-15-33(34)36-20-12-19-35(32)42(36)39;1-2;/h3-26H,1-2H2;1-2H3;1H4. The maximum absolute atomic E-state index is 4.26. The van der Waals surface area contributed by atoms with E-state index >= 15 is 0 Å². The zero-order valence-corrected chi connectivity index (χ0v) is 25.3. The van der Waals surface area contributed by atoms with E-state index in [1.165, 1.54) is 77.2 Å². The van der Waals surface area contributed by atoms with Crippen molar-refractivity contribution in [3.63, 3.8) is 0 Å². The summed E-state index contributed by atoms with van der Waals surface area (Å²) in [7, 11) is 0. The molecule has 0 atom stereocenters. The van der Waals surface area contributed by atoms with Crippen LogP contribution in [0.15, 0.2) is 147 Å². The summed E-state index contributed by atoms with van der Waals surface area (Å²) in [6.45, 7) is 12.5. The third kappa shape index (κ3) is 4.62. The van der Waals surface area contributed by atoms with Gasteiger partial charge in [0.1, 0.15) is 0 Å². The van der Waals surface area contributed by atoms with Crippen LogP contribution in [-0.4, -0.2) is 0 Å². The van der Waals surface area contributed by atoms with Gasteiger partial charge in [-0.05, 0) is 88.3 Å². The highest BCUT2D eigenvalue weighted by atomic mass is 14.3. The third-order valence-electron chi connectivity index (χ3n) is 8.80. The van der Waals surface area contributed by atoms with Crippen LogP contribution in [0.25, 0.3) is 89.3 Å². The molecule has 0 amide bonds. The molecule has 0 heterocycles. The first kappa shape index (κ1) is 29.6. The summed E-state index contributed by atoms with van der Waals surface area (Å²) < 4.78 is 0. The second kappa shape index (κ2) is 12.3. The zero-order chi connectivity index (χ0) is 30.2. The lowest BCUT2D eigenvalue weighted by molar-refractivity contribution is 1.50. The molecule has 0 spiro atoms. The molecule has 0 saturated carbocycles. The Bertz CT molecular complexity index is 2170. The Hall–Kier alpha value is -5.46. The highest BCUT2D eigenvalue weighted by molar-refractivity contribution is 6.19. The predicted molar refractivity (Wildman–Crippen MR) is 200 cm³/mol. The molecule has 0 nitrogen and oxygen atoms in total. The van der Waals surface area contributed by atoms with E-state index in [2.05, 4.69) is 147 Å². The van der Waals surface area contributed by atoms with Gasteiger partial charge in [0.15, 0.2) is 0 Å². The minimum absolute atomic E-state index is 0. The normalized spacial score (nSPS) is 10.9. The summed E-state index contributed by atoms with van der Waals surface area (Å²) in [6, 6.07) is 48.4. The van der Waals surface area contributed by atoms with Crippen molar-refractivity contribution in [1.82, 2.24) is 0 Å². The number of benzene rings is 7. The number of hydrogen-bond donors (Lipinski definition) is 0. The first-order chi connectivity index (χ1) is 21.8. The molecule has 0 aromatic heterocycles. The Labute approximate surface area is 267 Å². The van der Waals surface area contributed by atoms with E-state index in [-0.39, 0.29) is 7.43 Å². The first-order valence-corrected chi connectivity index (χ1v) is 15.4. The van der Waals surface area contributed by atoms with Crippen LogP contribution in [0.5, 0.6) is 0 Å². The van der Waals surface area contributed by atoms with Gasteiger partial charge < -0.3 is 0 Å². The summed E-state index contributed by atoms with van der Waals surface area (Å²) >= 11 is 0. The molecule has 0 N–H and O–H groups in total. The fourth-order valence-corrected chi connectivity index (χ4v) is 7.01. The van der Waals surface area contributed by atoms with Crippen molar-refractivity contribution in [1.29, 1.82) is 0 Å². The van der Waals surface area contributed by atoms with Gasteiger partial charge in [-0.15, -0.1) is 0 Å². The van der Waals surface area contributed by atoms with E-state index in [9.17, 15) is 0 Å². The van der Waals surface area contributed by atoms with Gasteiger partial charge in [-0.1, -0.05) is 180 Å². The van der Waals surface area contributed by atoms with Crippen molar-refractivity contribution in [2.45, 2.75) is 21.3 Å². The number of hydrogen-bond acceptors (Lipinski definition) is 0. The average Bonchev–Trinajstić information content (AvgIpc) is 3.43. The van der Waals surface area contributed by atoms with E-state index in [1.54, 1.807) is 0 Å². The van der Waals surface area contributed by atoms with Gasteiger partial charge in [-0.25, -0.2) is 0 Å². The van der Waals surface area contributed by atoms with Crippen molar-refractivity contribution in [3.05, 3.63) is 158 Å². The lowest BCUT2D eigenvalue weighted by Gasteiger charge is -2.20. The second-order valence-electron chi connectivity index (χ2n) is 10.9. The van der Waals surface area contributed by atoms with Crippen LogP contribution in [0, 0.1) is 0 Å². The monoisotopic (exact) mass is 578 g/mol. The smallest absolute Gasteiger partial charge is 0.00201 e. The van der Waals surface area contributed by atoms with E-state index in [1.807, 2.05) is 26.0 Å². The highest BCUT2D eigenvalue weighted by Crippen LogP contribution is 2.49. The SMILES string of the molecule is C.C=Cc1c(C=C)c(-c2ccc(-c3ccc4c5c(cccc35)-c3ccccc3-4)cc2)c2ccccc2c1-c1ccccc1.CC. The lowest BCUT2D eigenvalue weighted by Crippen LogP contribution is -1.96. The van der Waals surface area contributed by atoms with E-state index in [4.69, 9.17) is 0 Å². The van der Waals surface area contributed by atoms with Crippen molar-refractivity contribution in [3.8, 4) is 55.6 Å². The van der Waals surface area contributed by atoms with Gasteiger partial charge >= 0.3 is 0 Å². The van der Waals surface area contributed by atoms with E-state index in [0.29, 0.717) is 0 Å². The molecule has 0 aliphatic heterocycles. The summed E-state index contributed by atoms with van der Waals surface area (Å²) in [5, 5.41) is 5.09. The maximum atomic E-state index is 4.26. The van der Waals surface area contributed by atoms with Gasteiger partial charge in [0.25, 0.3) is 0 Å². The van der Waals surface area contributed by atoms with Gasteiger partial charge in [-0.2, -0.15) is 0 Å². The first-order valence-electron chi connectivity index (χ1n) is 15.4. The van der Waals surface area contributed by atoms with Crippen LogP contribution in [-0.2, 0) is 0 Å². The quantitative estimate of drug-likeness (QED) is 0.191. The van der Waals surface area contributed by atoms with E-state index in [0.717, 1.165) is 11.1 Å².